The fraction of sp³-hybridized carbons (Fsp3) is 0.333. The fourth-order valence-corrected chi connectivity index (χ4v) is 2.83. The smallest absolute Gasteiger partial charge is 0.336 e. The molecule has 0 saturated heterocycles. The first-order valence-electron chi connectivity index (χ1n) is 6.48. The van der Waals surface area contributed by atoms with Gasteiger partial charge >= 0.3 is 5.97 Å². The van der Waals surface area contributed by atoms with Crippen LogP contribution in [0.5, 0.6) is 0 Å². The first kappa shape index (κ1) is 12.1. The molecule has 4 heteroatoms. The SMILES string of the molecule is O=C(O)c1cc(C2CCCC2)nc2ccc(F)cc12. The van der Waals surface area contributed by atoms with Gasteiger partial charge in [-0.2, -0.15) is 0 Å². The second kappa shape index (κ2) is 4.61. The molecule has 1 fully saturated rings. The normalized spacial score (nSPS) is 16.1. The second-order valence-electron chi connectivity index (χ2n) is 5.04. The number of halogens is 1. The molecule has 0 radical (unpaired) electrons. The number of pyridine rings is 1. The molecule has 0 unspecified atom stereocenters. The summed E-state index contributed by atoms with van der Waals surface area (Å²) in [6, 6.07) is 5.72. The number of benzene rings is 1. The van der Waals surface area contributed by atoms with Crippen molar-refractivity contribution in [2.24, 2.45) is 0 Å². The summed E-state index contributed by atoms with van der Waals surface area (Å²) in [5.41, 5.74) is 1.53. The molecule has 0 spiro atoms. The van der Waals surface area contributed by atoms with Crippen LogP contribution >= 0.6 is 0 Å². The van der Waals surface area contributed by atoms with Crippen LogP contribution in [0.4, 0.5) is 4.39 Å². The van der Waals surface area contributed by atoms with Crippen LogP contribution in [0, 0.1) is 5.82 Å². The Morgan fingerprint density at radius 3 is 2.68 bits per heavy atom. The molecule has 1 aliphatic carbocycles. The molecule has 1 aromatic heterocycles. The van der Waals surface area contributed by atoms with E-state index in [-0.39, 0.29) is 5.56 Å². The first-order chi connectivity index (χ1) is 9.15. The Balaban J connectivity index is 2.21. The molecule has 98 valence electrons. The Hall–Kier alpha value is -1.97. The Kier molecular flexibility index (Phi) is 2.93. The zero-order valence-corrected chi connectivity index (χ0v) is 10.4. The lowest BCUT2D eigenvalue weighted by molar-refractivity contribution is 0.0699. The largest absolute Gasteiger partial charge is 0.478 e. The number of hydrogen-bond donors (Lipinski definition) is 1. The van der Waals surface area contributed by atoms with Crippen LogP contribution in [0.15, 0.2) is 24.3 Å². The van der Waals surface area contributed by atoms with Crippen molar-refractivity contribution in [2.45, 2.75) is 31.6 Å². The minimum absolute atomic E-state index is 0.145. The molecule has 0 bridgehead atoms. The van der Waals surface area contributed by atoms with Gasteiger partial charge in [0.25, 0.3) is 0 Å². The van der Waals surface area contributed by atoms with E-state index in [0.717, 1.165) is 31.4 Å². The number of carboxylic acids is 1. The summed E-state index contributed by atoms with van der Waals surface area (Å²) in [6.07, 6.45) is 4.43. The maximum absolute atomic E-state index is 13.3. The fourth-order valence-electron chi connectivity index (χ4n) is 2.83. The number of hydrogen-bond acceptors (Lipinski definition) is 2. The van der Waals surface area contributed by atoms with Gasteiger partial charge in [0.2, 0.25) is 0 Å². The minimum atomic E-state index is -1.03. The highest BCUT2D eigenvalue weighted by Gasteiger charge is 2.21. The van der Waals surface area contributed by atoms with Crippen molar-refractivity contribution in [3.05, 3.63) is 41.3 Å². The van der Waals surface area contributed by atoms with Crippen LogP contribution in [0.2, 0.25) is 0 Å². The van der Waals surface area contributed by atoms with E-state index in [1.54, 1.807) is 12.1 Å². The number of aromatic nitrogens is 1. The highest BCUT2D eigenvalue weighted by Crippen LogP contribution is 2.34. The maximum Gasteiger partial charge on any atom is 0.336 e. The summed E-state index contributed by atoms with van der Waals surface area (Å²) in [5, 5.41) is 9.66. The first-order valence-corrected chi connectivity index (χ1v) is 6.48. The highest BCUT2D eigenvalue weighted by molar-refractivity contribution is 6.02. The average Bonchev–Trinajstić information content (AvgIpc) is 2.91. The topological polar surface area (TPSA) is 50.2 Å². The zero-order valence-electron chi connectivity index (χ0n) is 10.4. The number of carboxylic acid groups (broad SMARTS) is 1. The van der Waals surface area contributed by atoms with Crippen molar-refractivity contribution in [1.82, 2.24) is 4.98 Å². The third-order valence-electron chi connectivity index (χ3n) is 3.79. The van der Waals surface area contributed by atoms with Gasteiger partial charge in [-0.15, -0.1) is 0 Å². The molecule has 19 heavy (non-hydrogen) atoms. The predicted octanol–water partition coefficient (Wildman–Crippen LogP) is 3.73. The Morgan fingerprint density at radius 2 is 2.00 bits per heavy atom. The lowest BCUT2D eigenvalue weighted by atomic mass is 9.99. The molecule has 1 aromatic carbocycles. The van der Waals surface area contributed by atoms with E-state index in [1.807, 2.05) is 0 Å². The predicted molar refractivity (Wildman–Crippen MR) is 69.9 cm³/mol. The van der Waals surface area contributed by atoms with E-state index >= 15 is 0 Å². The monoisotopic (exact) mass is 259 g/mol. The Morgan fingerprint density at radius 1 is 1.26 bits per heavy atom. The van der Waals surface area contributed by atoms with Crippen molar-refractivity contribution in [2.75, 3.05) is 0 Å². The molecule has 1 heterocycles. The van der Waals surface area contributed by atoms with Gasteiger partial charge in [-0.3, -0.25) is 4.98 Å². The second-order valence-corrected chi connectivity index (χ2v) is 5.04. The van der Waals surface area contributed by atoms with Gasteiger partial charge in [0, 0.05) is 17.0 Å². The summed E-state index contributed by atoms with van der Waals surface area (Å²) in [5.74, 6) is -1.13. The molecule has 1 saturated carbocycles. The van der Waals surface area contributed by atoms with Crippen LogP contribution in [0.3, 0.4) is 0 Å². The quantitative estimate of drug-likeness (QED) is 0.894. The van der Waals surface area contributed by atoms with E-state index in [9.17, 15) is 14.3 Å². The number of fused-ring (bicyclic) bond motifs is 1. The number of rotatable bonds is 2. The van der Waals surface area contributed by atoms with Gasteiger partial charge in [0.1, 0.15) is 5.82 Å². The third kappa shape index (κ3) is 2.18. The lowest BCUT2D eigenvalue weighted by Gasteiger charge is -2.11. The van der Waals surface area contributed by atoms with E-state index < -0.39 is 11.8 Å². The van der Waals surface area contributed by atoms with Gasteiger partial charge < -0.3 is 5.11 Å². The van der Waals surface area contributed by atoms with Gasteiger partial charge in [0.05, 0.1) is 11.1 Å². The average molecular weight is 259 g/mol. The van der Waals surface area contributed by atoms with E-state index in [4.69, 9.17) is 0 Å². The van der Waals surface area contributed by atoms with Crippen molar-refractivity contribution in [1.29, 1.82) is 0 Å². The number of carbonyl (C=O) groups is 1. The van der Waals surface area contributed by atoms with Gasteiger partial charge in [0.15, 0.2) is 0 Å². The molecular weight excluding hydrogens is 245 g/mol. The summed E-state index contributed by atoms with van der Waals surface area (Å²) in [6.45, 7) is 0. The standard InChI is InChI=1S/C15H14FNO2/c16-10-5-6-13-11(7-10)12(15(18)19)8-14(17-13)9-3-1-2-4-9/h5-9H,1-4H2,(H,18,19). The molecular formula is C15H14FNO2. The molecule has 0 aliphatic heterocycles. The molecule has 3 rings (SSSR count). The molecule has 3 nitrogen and oxygen atoms in total. The molecule has 0 amide bonds. The molecule has 2 aromatic rings. The van der Waals surface area contributed by atoms with Crippen LogP contribution in [0.25, 0.3) is 10.9 Å². The lowest BCUT2D eigenvalue weighted by Crippen LogP contribution is -2.04. The Bertz CT molecular complexity index is 648. The highest BCUT2D eigenvalue weighted by atomic mass is 19.1. The summed E-state index contributed by atoms with van der Waals surface area (Å²) >= 11 is 0. The Labute approximate surface area is 110 Å². The summed E-state index contributed by atoms with van der Waals surface area (Å²) in [4.78, 5) is 15.9. The van der Waals surface area contributed by atoms with Crippen LogP contribution < -0.4 is 0 Å². The molecule has 1 N–H and O–H groups in total. The molecule has 1 aliphatic rings. The van der Waals surface area contributed by atoms with E-state index in [0.29, 0.717) is 16.8 Å². The minimum Gasteiger partial charge on any atom is -0.478 e. The number of nitrogens with zero attached hydrogens (tertiary/aromatic N) is 1. The summed E-state index contributed by atoms with van der Waals surface area (Å²) < 4.78 is 13.3. The van der Waals surface area contributed by atoms with Crippen molar-refractivity contribution < 1.29 is 14.3 Å². The maximum atomic E-state index is 13.3. The van der Waals surface area contributed by atoms with Crippen LogP contribution in [-0.4, -0.2) is 16.1 Å². The zero-order chi connectivity index (χ0) is 13.4. The van der Waals surface area contributed by atoms with Crippen molar-refractivity contribution in [3.63, 3.8) is 0 Å². The van der Waals surface area contributed by atoms with Gasteiger partial charge in [-0.05, 0) is 37.1 Å². The van der Waals surface area contributed by atoms with E-state index in [1.165, 1.54) is 12.1 Å². The van der Waals surface area contributed by atoms with Crippen molar-refractivity contribution >= 4 is 16.9 Å². The van der Waals surface area contributed by atoms with E-state index in [2.05, 4.69) is 4.98 Å². The van der Waals surface area contributed by atoms with Crippen LogP contribution in [0.1, 0.15) is 47.7 Å². The van der Waals surface area contributed by atoms with Crippen molar-refractivity contribution in [3.8, 4) is 0 Å². The molecule has 0 atom stereocenters. The number of aromatic carboxylic acids is 1. The van der Waals surface area contributed by atoms with Gasteiger partial charge in [-0.1, -0.05) is 12.8 Å². The van der Waals surface area contributed by atoms with Gasteiger partial charge in [-0.25, -0.2) is 9.18 Å². The third-order valence-corrected chi connectivity index (χ3v) is 3.79. The van der Waals surface area contributed by atoms with Crippen LogP contribution in [-0.2, 0) is 0 Å². The summed E-state index contributed by atoms with van der Waals surface area (Å²) in [7, 11) is 0.